The van der Waals surface area contributed by atoms with E-state index >= 15 is 0 Å². The zero-order valence-corrected chi connectivity index (χ0v) is 16.7. The molecule has 3 atom stereocenters. The normalized spacial score (nSPS) is 25.9. The standard InChI is InChI=1S/C21H31F2NO3/c1-21(2,3)10-14-11-24-6-5-13-7-19(27-12-20(22)23)18(26-4)8-15(13)16(24)9-17(14)25/h7-8,14,16-17,20,25H,5-6,9-12H2,1-4H3/t14-,16-,17-/m0/s1. The van der Waals surface area contributed by atoms with Crippen molar-refractivity contribution < 1.29 is 23.4 Å². The number of hydrogen-bond donors (Lipinski definition) is 1. The summed E-state index contributed by atoms with van der Waals surface area (Å²) in [6, 6.07) is 3.88. The molecule has 2 aliphatic heterocycles. The van der Waals surface area contributed by atoms with Crippen LogP contribution in [0.15, 0.2) is 12.1 Å². The van der Waals surface area contributed by atoms with E-state index < -0.39 is 13.0 Å². The van der Waals surface area contributed by atoms with Crippen molar-refractivity contribution in [1.82, 2.24) is 4.90 Å². The lowest BCUT2D eigenvalue weighted by Crippen LogP contribution is -2.48. The molecule has 0 saturated carbocycles. The molecule has 2 aliphatic rings. The largest absolute Gasteiger partial charge is 0.493 e. The Labute approximate surface area is 160 Å². The maximum Gasteiger partial charge on any atom is 0.272 e. The molecular weight excluding hydrogens is 352 g/mol. The Kier molecular flexibility index (Phi) is 5.96. The highest BCUT2D eigenvalue weighted by molar-refractivity contribution is 5.49. The molecule has 0 aromatic heterocycles. The van der Waals surface area contributed by atoms with Gasteiger partial charge in [0.15, 0.2) is 11.5 Å². The summed E-state index contributed by atoms with van der Waals surface area (Å²) < 4.78 is 35.7. The van der Waals surface area contributed by atoms with Crippen LogP contribution in [0.25, 0.3) is 0 Å². The fraction of sp³-hybridized carbons (Fsp3) is 0.714. The molecule has 152 valence electrons. The van der Waals surface area contributed by atoms with Gasteiger partial charge in [-0.05, 0) is 53.9 Å². The van der Waals surface area contributed by atoms with Crippen LogP contribution in [0.2, 0.25) is 0 Å². The second-order valence-corrected chi connectivity index (χ2v) is 8.99. The third-order valence-electron chi connectivity index (χ3n) is 5.61. The molecule has 0 aliphatic carbocycles. The molecule has 4 nitrogen and oxygen atoms in total. The van der Waals surface area contributed by atoms with Crippen molar-refractivity contribution in [2.24, 2.45) is 11.3 Å². The van der Waals surface area contributed by atoms with Gasteiger partial charge >= 0.3 is 0 Å². The predicted molar refractivity (Wildman–Crippen MR) is 101 cm³/mol. The average Bonchev–Trinajstić information content (AvgIpc) is 2.58. The van der Waals surface area contributed by atoms with Crippen LogP contribution in [-0.2, 0) is 6.42 Å². The molecule has 3 rings (SSSR count). The molecule has 1 saturated heterocycles. The number of nitrogens with zero attached hydrogens (tertiary/aromatic N) is 1. The number of fused-ring (bicyclic) bond motifs is 3. The number of piperidine rings is 1. The second-order valence-electron chi connectivity index (χ2n) is 8.99. The van der Waals surface area contributed by atoms with Gasteiger partial charge in [-0.1, -0.05) is 20.8 Å². The molecule has 2 heterocycles. The highest BCUT2D eigenvalue weighted by Crippen LogP contribution is 2.44. The molecule has 1 aromatic carbocycles. The number of aliphatic hydroxyl groups excluding tert-OH is 1. The van der Waals surface area contributed by atoms with Gasteiger partial charge in [0.05, 0.1) is 13.2 Å². The fourth-order valence-corrected chi connectivity index (χ4v) is 4.51. The minimum absolute atomic E-state index is 0.137. The molecule has 6 heteroatoms. The zero-order valence-electron chi connectivity index (χ0n) is 16.7. The number of ether oxygens (including phenoxy) is 2. The lowest BCUT2D eigenvalue weighted by Gasteiger charge is -2.47. The van der Waals surface area contributed by atoms with E-state index in [0.29, 0.717) is 17.9 Å². The summed E-state index contributed by atoms with van der Waals surface area (Å²) in [5, 5.41) is 10.8. The third-order valence-corrected chi connectivity index (χ3v) is 5.61. The average molecular weight is 383 g/mol. The molecule has 1 N–H and O–H groups in total. The molecule has 27 heavy (non-hydrogen) atoms. The summed E-state index contributed by atoms with van der Waals surface area (Å²) in [6.45, 7) is 7.79. The molecule has 0 bridgehead atoms. The van der Waals surface area contributed by atoms with Crippen molar-refractivity contribution >= 4 is 0 Å². The molecule has 1 aromatic rings. The van der Waals surface area contributed by atoms with Gasteiger partial charge in [0.25, 0.3) is 6.43 Å². The predicted octanol–water partition coefficient (Wildman–Crippen LogP) is 4.06. The van der Waals surface area contributed by atoms with Gasteiger partial charge in [-0.2, -0.15) is 0 Å². The van der Waals surface area contributed by atoms with E-state index in [1.54, 1.807) is 0 Å². The smallest absolute Gasteiger partial charge is 0.272 e. The van der Waals surface area contributed by atoms with E-state index in [-0.39, 0.29) is 23.5 Å². The van der Waals surface area contributed by atoms with E-state index in [2.05, 4.69) is 25.7 Å². The number of methoxy groups -OCH3 is 1. The highest BCUT2D eigenvalue weighted by Gasteiger charge is 2.39. The summed E-state index contributed by atoms with van der Waals surface area (Å²) in [7, 11) is 1.52. The Morgan fingerprint density at radius 2 is 2.00 bits per heavy atom. The fourth-order valence-electron chi connectivity index (χ4n) is 4.51. The van der Waals surface area contributed by atoms with Gasteiger partial charge in [0.1, 0.15) is 6.61 Å². The Hall–Kier alpha value is -1.40. The number of rotatable bonds is 5. The minimum Gasteiger partial charge on any atom is -0.493 e. The first-order chi connectivity index (χ1) is 12.7. The van der Waals surface area contributed by atoms with Gasteiger partial charge in [-0.25, -0.2) is 8.78 Å². The second kappa shape index (κ2) is 7.92. The van der Waals surface area contributed by atoms with E-state index in [1.165, 1.54) is 7.11 Å². The van der Waals surface area contributed by atoms with Crippen molar-refractivity contribution in [1.29, 1.82) is 0 Å². The Balaban J connectivity index is 1.82. The molecular formula is C21H31F2NO3. The van der Waals surface area contributed by atoms with Gasteiger partial charge < -0.3 is 14.6 Å². The maximum absolute atomic E-state index is 12.5. The summed E-state index contributed by atoms with van der Waals surface area (Å²) in [5.74, 6) is 1.12. The SMILES string of the molecule is COc1cc2c(cc1OCC(F)F)CCN1C[C@H](CC(C)(C)C)[C@@H](O)C[C@@H]21. The number of halogens is 2. The van der Waals surface area contributed by atoms with Crippen molar-refractivity contribution in [3.63, 3.8) is 0 Å². The number of alkyl halides is 2. The Morgan fingerprint density at radius 1 is 1.26 bits per heavy atom. The van der Waals surface area contributed by atoms with Crippen LogP contribution in [-0.4, -0.2) is 49.3 Å². The van der Waals surface area contributed by atoms with Crippen LogP contribution >= 0.6 is 0 Å². The summed E-state index contributed by atoms with van der Waals surface area (Å²) in [6.07, 6.45) is -0.326. The lowest BCUT2D eigenvalue weighted by atomic mass is 9.75. The van der Waals surface area contributed by atoms with Gasteiger partial charge in [-0.3, -0.25) is 4.90 Å². The summed E-state index contributed by atoms with van der Waals surface area (Å²) in [5.41, 5.74) is 2.41. The molecule has 0 spiro atoms. The molecule has 1 fully saturated rings. The van der Waals surface area contributed by atoms with Crippen molar-refractivity contribution in [2.45, 2.75) is 58.6 Å². The van der Waals surface area contributed by atoms with Crippen molar-refractivity contribution in [3.8, 4) is 11.5 Å². The number of hydrogen-bond acceptors (Lipinski definition) is 4. The topological polar surface area (TPSA) is 41.9 Å². The van der Waals surface area contributed by atoms with E-state index in [9.17, 15) is 13.9 Å². The quantitative estimate of drug-likeness (QED) is 0.833. The Bertz CT molecular complexity index is 660. The van der Waals surface area contributed by atoms with E-state index in [4.69, 9.17) is 9.47 Å². The van der Waals surface area contributed by atoms with E-state index in [0.717, 1.165) is 37.1 Å². The van der Waals surface area contributed by atoms with Gasteiger partial charge in [-0.15, -0.1) is 0 Å². The molecule has 0 radical (unpaired) electrons. The van der Waals surface area contributed by atoms with Crippen LogP contribution in [0.3, 0.4) is 0 Å². The van der Waals surface area contributed by atoms with E-state index in [1.807, 2.05) is 12.1 Å². The van der Waals surface area contributed by atoms with Crippen LogP contribution in [0.4, 0.5) is 8.78 Å². The first-order valence-electron chi connectivity index (χ1n) is 9.72. The van der Waals surface area contributed by atoms with Crippen LogP contribution < -0.4 is 9.47 Å². The minimum atomic E-state index is -2.52. The monoisotopic (exact) mass is 383 g/mol. The van der Waals surface area contributed by atoms with Gasteiger partial charge in [0, 0.05) is 19.1 Å². The van der Waals surface area contributed by atoms with Crippen LogP contribution in [0.5, 0.6) is 11.5 Å². The lowest BCUT2D eigenvalue weighted by molar-refractivity contribution is -0.0259. The van der Waals surface area contributed by atoms with Crippen LogP contribution in [0, 0.1) is 11.3 Å². The molecule has 0 unspecified atom stereocenters. The number of aliphatic hydroxyl groups is 1. The van der Waals surface area contributed by atoms with Gasteiger partial charge in [0.2, 0.25) is 0 Å². The van der Waals surface area contributed by atoms with Crippen LogP contribution in [0.1, 0.15) is 50.8 Å². The molecule has 0 amide bonds. The first kappa shape index (κ1) is 20.3. The highest BCUT2D eigenvalue weighted by atomic mass is 19.3. The third kappa shape index (κ3) is 4.72. The number of benzene rings is 1. The summed E-state index contributed by atoms with van der Waals surface area (Å²) in [4.78, 5) is 2.45. The summed E-state index contributed by atoms with van der Waals surface area (Å²) >= 11 is 0. The van der Waals surface area contributed by atoms with Crippen molar-refractivity contribution in [3.05, 3.63) is 23.3 Å². The van der Waals surface area contributed by atoms with Crippen molar-refractivity contribution in [2.75, 3.05) is 26.8 Å². The Morgan fingerprint density at radius 3 is 2.63 bits per heavy atom. The zero-order chi connectivity index (χ0) is 19.8. The maximum atomic E-state index is 12.5. The first-order valence-corrected chi connectivity index (χ1v) is 9.72.